The lowest BCUT2D eigenvalue weighted by atomic mass is 9.97. The van der Waals surface area contributed by atoms with Gasteiger partial charge in [-0.15, -0.1) is 0 Å². The highest BCUT2D eigenvalue weighted by molar-refractivity contribution is 5.86. The van der Waals surface area contributed by atoms with Crippen molar-refractivity contribution in [3.05, 3.63) is 76.3 Å². The summed E-state index contributed by atoms with van der Waals surface area (Å²) in [5.74, 6) is 1.54. The lowest BCUT2D eigenvalue weighted by molar-refractivity contribution is 0.685. The molecule has 4 aromatic rings. The third kappa shape index (κ3) is 3.45. The number of nitrogens with zero attached hydrogens (tertiary/aromatic N) is 3. The van der Waals surface area contributed by atoms with E-state index in [-0.39, 0.29) is 0 Å². The Hall–Kier alpha value is -3.32. The van der Waals surface area contributed by atoms with Gasteiger partial charge >= 0.3 is 0 Å². The molecule has 146 valence electrons. The van der Waals surface area contributed by atoms with Gasteiger partial charge in [-0.2, -0.15) is 5.26 Å². The van der Waals surface area contributed by atoms with Gasteiger partial charge in [0.2, 0.25) is 0 Å². The van der Waals surface area contributed by atoms with Crippen LogP contribution < -0.4 is 5.32 Å². The lowest BCUT2D eigenvalue weighted by Crippen LogP contribution is -2.15. The maximum Gasteiger partial charge on any atom is 0.157 e. The molecule has 0 aliphatic rings. The number of hydrogen-bond acceptors (Lipinski definition) is 3. The molecule has 0 aliphatic heterocycles. The molecule has 2 aromatic heterocycles. The second kappa shape index (κ2) is 7.60. The van der Waals surface area contributed by atoms with Gasteiger partial charge in [0.15, 0.2) is 5.65 Å². The summed E-state index contributed by atoms with van der Waals surface area (Å²) in [7, 11) is 0. The van der Waals surface area contributed by atoms with E-state index in [0.717, 1.165) is 46.6 Å². The van der Waals surface area contributed by atoms with Crippen LogP contribution in [0.2, 0.25) is 0 Å². The Morgan fingerprint density at radius 3 is 2.48 bits per heavy atom. The van der Waals surface area contributed by atoms with Crippen molar-refractivity contribution >= 4 is 22.5 Å². The average Bonchev–Trinajstić information content (AvgIpc) is 3.08. The second-order valence-corrected chi connectivity index (χ2v) is 8.14. The van der Waals surface area contributed by atoms with Crippen molar-refractivity contribution in [1.29, 1.82) is 5.26 Å². The van der Waals surface area contributed by atoms with Crippen LogP contribution in [0.1, 0.15) is 41.7 Å². The average molecular weight is 383 g/mol. The quantitative estimate of drug-likeness (QED) is 0.486. The van der Waals surface area contributed by atoms with Crippen LogP contribution in [0, 0.1) is 31.1 Å². The van der Waals surface area contributed by atoms with Crippen LogP contribution in [0.4, 0.5) is 5.82 Å². The maximum atomic E-state index is 9.95. The van der Waals surface area contributed by atoms with E-state index in [0.29, 0.717) is 11.5 Å². The van der Waals surface area contributed by atoms with Gasteiger partial charge in [0, 0.05) is 18.5 Å². The Kier molecular flexibility index (Phi) is 4.98. The first kappa shape index (κ1) is 19.0. The second-order valence-electron chi connectivity index (χ2n) is 8.14. The summed E-state index contributed by atoms with van der Waals surface area (Å²) in [5.41, 5.74) is 7.95. The number of aromatic nitrogens is 2. The van der Waals surface area contributed by atoms with E-state index in [1.807, 2.05) is 25.1 Å². The van der Waals surface area contributed by atoms with Crippen molar-refractivity contribution in [2.75, 3.05) is 11.9 Å². The molecule has 4 nitrogen and oxygen atoms in total. The number of anilines is 1. The monoisotopic (exact) mass is 382 g/mol. The minimum absolute atomic E-state index is 0.503. The summed E-state index contributed by atoms with van der Waals surface area (Å²) in [5, 5.41) is 13.6. The molecule has 0 unspecified atom stereocenters. The first-order valence-electron chi connectivity index (χ1n) is 10.1. The highest BCUT2D eigenvalue weighted by atomic mass is 15.1. The number of nitriles is 1. The van der Waals surface area contributed by atoms with Gasteiger partial charge in [0.25, 0.3) is 0 Å². The number of para-hydroxylation sites is 2. The van der Waals surface area contributed by atoms with Crippen molar-refractivity contribution in [1.82, 2.24) is 9.38 Å². The zero-order valence-electron chi connectivity index (χ0n) is 17.5. The molecule has 0 saturated heterocycles. The fourth-order valence-electron chi connectivity index (χ4n) is 3.80. The molecule has 0 aliphatic carbocycles. The number of rotatable bonds is 5. The molecular weight excluding hydrogens is 356 g/mol. The van der Waals surface area contributed by atoms with Crippen molar-refractivity contribution in [3.63, 3.8) is 0 Å². The standard InChI is InChI=1S/C25H26N4/c1-16(2)15-27-24-20(13-19-11-9-17(3)10-12-19)18(4)21(14-26)25-28-22-7-5-6-8-23(22)29(24)25/h5-12,16,27H,13,15H2,1-4H3. The Morgan fingerprint density at radius 2 is 1.79 bits per heavy atom. The summed E-state index contributed by atoms with van der Waals surface area (Å²) >= 11 is 0. The topological polar surface area (TPSA) is 53.1 Å². The van der Waals surface area contributed by atoms with E-state index in [1.54, 1.807) is 0 Å². The van der Waals surface area contributed by atoms with Crippen LogP contribution in [-0.4, -0.2) is 15.9 Å². The molecule has 4 heteroatoms. The van der Waals surface area contributed by atoms with Crippen LogP contribution in [0.15, 0.2) is 48.5 Å². The zero-order valence-corrected chi connectivity index (χ0v) is 17.5. The molecule has 2 aromatic carbocycles. The minimum Gasteiger partial charge on any atom is -0.371 e. The minimum atomic E-state index is 0.503. The van der Waals surface area contributed by atoms with Gasteiger partial charge < -0.3 is 5.32 Å². The Morgan fingerprint density at radius 1 is 1.07 bits per heavy atom. The summed E-state index contributed by atoms with van der Waals surface area (Å²) in [6, 6.07) is 19.1. The molecule has 0 fully saturated rings. The van der Waals surface area contributed by atoms with E-state index in [2.05, 4.69) is 66.9 Å². The fraction of sp³-hybridized carbons (Fsp3) is 0.280. The summed E-state index contributed by atoms with van der Waals surface area (Å²) in [6.07, 6.45) is 0.768. The van der Waals surface area contributed by atoms with Crippen molar-refractivity contribution in [2.45, 2.75) is 34.1 Å². The molecule has 0 bridgehead atoms. The maximum absolute atomic E-state index is 9.95. The van der Waals surface area contributed by atoms with Gasteiger partial charge in [-0.1, -0.05) is 55.8 Å². The molecule has 4 rings (SSSR count). The van der Waals surface area contributed by atoms with Gasteiger partial charge in [-0.05, 0) is 43.0 Å². The third-order valence-corrected chi connectivity index (χ3v) is 5.41. The number of imidazole rings is 1. The highest BCUT2D eigenvalue weighted by Crippen LogP contribution is 2.32. The molecule has 0 radical (unpaired) electrons. The molecular formula is C25H26N4. The van der Waals surface area contributed by atoms with Gasteiger partial charge in [-0.25, -0.2) is 4.98 Å². The van der Waals surface area contributed by atoms with Crippen LogP contribution >= 0.6 is 0 Å². The smallest absolute Gasteiger partial charge is 0.157 e. The van der Waals surface area contributed by atoms with Crippen LogP contribution in [0.3, 0.4) is 0 Å². The molecule has 0 atom stereocenters. The van der Waals surface area contributed by atoms with E-state index in [4.69, 9.17) is 4.98 Å². The molecule has 2 heterocycles. The summed E-state index contributed by atoms with van der Waals surface area (Å²) in [6.45, 7) is 9.40. The molecule has 0 amide bonds. The van der Waals surface area contributed by atoms with E-state index >= 15 is 0 Å². The van der Waals surface area contributed by atoms with Crippen LogP contribution in [-0.2, 0) is 6.42 Å². The number of benzene rings is 2. The number of fused-ring (bicyclic) bond motifs is 3. The fourth-order valence-corrected chi connectivity index (χ4v) is 3.80. The van der Waals surface area contributed by atoms with Crippen molar-refractivity contribution in [2.24, 2.45) is 5.92 Å². The summed E-state index contributed by atoms with van der Waals surface area (Å²) < 4.78 is 2.13. The van der Waals surface area contributed by atoms with E-state index < -0.39 is 0 Å². The third-order valence-electron chi connectivity index (χ3n) is 5.41. The molecule has 0 saturated carbocycles. The normalized spacial score (nSPS) is 11.3. The number of pyridine rings is 1. The largest absolute Gasteiger partial charge is 0.371 e. The number of nitrogens with one attached hydrogen (secondary N) is 1. The van der Waals surface area contributed by atoms with Crippen LogP contribution in [0.25, 0.3) is 16.7 Å². The highest BCUT2D eigenvalue weighted by Gasteiger charge is 2.21. The first-order valence-corrected chi connectivity index (χ1v) is 10.1. The van der Waals surface area contributed by atoms with Crippen molar-refractivity contribution in [3.8, 4) is 6.07 Å². The Balaban J connectivity index is 2.02. The van der Waals surface area contributed by atoms with Gasteiger partial charge in [0.1, 0.15) is 11.9 Å². The Bertz CT molecular complexity index is 1220. The molecule has 0 spiro atoms. The molecule has 1 N–H and O–H groups in total. The predicted octanol–water partition coefficient (Wildman–Crippen LogP) is 5.63. The SMILES string of the molecule is Cc1ccc(Cc2c(C)c(C#N)c3nc4ccccc4n3c2NCC(C)C)cc1. The van der Waals surface area contributed by atoms with Gasteiger partial charge in [0.05, 0.1) is 16.6 Å². The van der Waals surface area contributed by atoms with Crippen LogP contribution in [0.5, 0.6) is 0 Å². The van der Waals surface area contributed by atoms with Crippen molar-refractivity contribution < 1.29 is 0 Å². The first-order chi connectivity index (χ1) is 14.0. The number of aryl methyl sites for hydroxylation is 1. The Labute approximate surface area is 171 Å². The van der Waals surface area contributed by atoms with E-state index in [9.17, 15) is 5.26 Å². The zero-order chi connectivity index (χ0) is 20.5. The lowest BCUT2D eigenvalue weighted by Gasteiger charge is -2.20. The number of hydrogen-bond donors (Lipinski definition) is 1. The summed E-state index contributed by atoms with van der Waals surface area (Å²) in [4.78, 5) is 4.79. The van der Waals surface area contributed by atoms with Gasteiger partial charge in [-0.3, -0.25) is 4.40 Å². The molecule has 29 heavy (non-hydrogen) atoms. The van der Waals surface area contributed by atoms with E-state index in [1.165, 1.54) is 11.1 Å². The predicted molar refractivity (Wildman–Crippen MR) is 119 cm³/mol.